The first kappa shape index (κ1) is 17.9. The highest BCUT2D eigenvalue weighted by atomic mass is 32.2. The number of Topliss-reactive ketones (excluding diaryl/α,β-unsaturated/α-hetero) is 1. The monoisotopic (exact) mass is 383 g/mol. The van der Waals surface area contributed by atoms with E-state index in [-0.39, 0.29) is 5.78 Å². The smallest absolute Gasteiger partial charge is 0.220 e. The van der Waals surface area contributed by atoms with E-state index in [4.69, 9.17) is 0 Å². The Morgan fingerprint density at radius 3 is 2.32 bits per heavy atom. The van der Waals surface area contributed by atoms with Crippen molar-refractivity contribution in [1.82, 2.24) is 4.98 Å². The van der Waals surface area contributed by atoms with Gasteiger partial charge in [0, 0.05) is 22.0 Å². The van der Waals surface area contributed by atoms with Gasteiger partial charge in [-0.05, 0) is 24.3 Å². The molecule has 5 heteroatoms. The number of carbonyl (C=O) groups excluding carboxylic acids is 1. The lowest BCUT2D eigenvalue weighted by Crippen LogP contribution is -2.13. The van der Waals surface area contributed by atoms with Gasteiger partial charge in [0.05, 0.1) is 11.2 Å². The Morgan fingerprint density at radius 2 is 1.54 bits per heavy atom. The number of pyridine rings is 1. The lowest BCUT2D eigenvalue weighted by atomic mass is 10.1. The first-order chi connectivity index (χ1) is 13.8. The third kappa shape index (κ3) is 4.10. The van der Waals surface area contributed by atoms with E-state index < -0.39 is 0 Å². The largest absolute Gasteiger partial charge is 0.286 e. The molecule has 0 fully saturated rings. The van der Waals surface area contributed by atoms with Crippen molar-refractivity contribution in [3.63, 3.8) is 0 Å². The van der Waals surface area contributed by atoms with E-state index in [9.17, 15) is 4.79 Å². The maximum atomic E-state index is 13.1. The van der Waals surface area contributed by atoms with E-state index in [0.29, 0.717) is 10.6 Å². The molecule has 3 aromatic carbocycles. The number of carbonyl (C=O) groups is 1. The molecule has 0 atom stereocenters. The lowest BCUT2D eigenvalue weighted by Gasteiger charge is -2.09. The van der Waals surface area contributed by atoms with Crippen molar-refractivity contribution in [3.05, 3.63) is 103 Å². The summed E-state index contributed by atoms with van der Waals surface area (Å²) < 4.78 is 0. The highest BCUT2D eigenvalue weighted by molar-refractivity contribution is 8.16. The summed E-state index contributed by atoms with van der Waals surface area (Å²) in [6.45, 7) is 0. The average Bonchev–Trinajstić information content (AvgIpc) is 2.77. The van der Waals surface area contributed by atoms with Gasteiger partial charge in [-0.3, -0.25) is 15.2 Å². The van der Waals surface area contributed by atoms with Crippen molar-refractivity contribution in [3.8, 4) is 0 Å². The third-order valence-corrected chi connectivity index (χ3v) is 5.11. The highest BCUT2D eigenvalue weighted by Gasteiger charge is 2.17. The van der Waals surface area contributed by atoms with E-state index in [1.165, 1.54) is 11.8 Å². The number of hydrazone groups is 1. The van der Waals surface area contributed by atoms with Gasteiger partial charge in [-0.15, -0.1) is 0 Å². The summed E-state index contributed by atoms with van der Waals surface area (Å²) in [6.07, 6.45) is 1.75. The zero-order valence-electron chi connectivity index (χ0n) is 14.9. The Hall–Kier alpha value is -3.44. The molecule has 0 amide bonds. The molecular weight excluding hydrogens is 366 g/mol. The maximum Gasteiger partial charge on any atom is 0.220 e. The van der Waals surface area contributed by atoms with Crippen LogP contribution in [0.5, 0.6) is 0 Å². The molecule has 1 heterocycles. The van der Waals surface area contributed by atoms with Gasteiger partial charge < -0.3 is 0 Å². The zero-order valence-corrected chi connectivity index (χ0v) is 15.8. The van der Waals surface area contributed by atoms with Gasteiger partial charge in [0.1, 0.15) is 0 Å². The molecule has 28 heavy (non-hydrogen) atoms. The summed E-state index contributed by atoms with van der Waals surface area (Å²) in [5.41, 5.74) is 5.25. The van der Waals surface area contributed by atoms with Crippen LogP contribution in [0.4, 0.5) is 5.69 Å². The van der Waals surface area contributed by atoms with Crippen LogP contribution in [0.3, 0.4) is 0 Å². The van der Waals surface area contributed by atoms with Crippen molar-refractivity contribution >= 4 is 39.2 Å². The van der Waals surface area contributed by atoms with Crippen LogP contribution in [-0.2, 0) is 0 Å². The molecule has 0 saturated heterocycles. The van der Waals surface area contributed by atoms with E-state index in [0.717, 1.165) is 21.5 Å². The molecule has 0 unspecified atom stereocenters. The molecule has 136 valence electrons. The minimum atomic E-state index is -0.137. The summed E-state index contributed by atoms with van der Waals surface area (Å²) in [5.74, 6) is -0.137. The molecule has 0 spiro atoms. The fraction of sp³-hybridized carbons (Fsp3) is 0. The van der Waals surface area contributed by atoms with Crippen LogP contribution in [0.25, 0.3) is 10.9 Å². The third-order valence-electron chi connectivity index (χ3n) is 4.09. The number of nitrogens with zero attached hydrogens (tertiary/aromatic N) is 2. The number of para-hydroxylation sites is 2. The van der Waals surface area contributed by atoms with Crippen molar-refractivity contribution in [1.29, 1.82) is 0 Å². The number of aromatic nitrogens is 1. The predicted octanol–water partition coefficient (Wildman–Crippen LogP) is 5.64. The minimum absolute atomic E-state index is 0.137. The number of anilines is 1. The fourth-order valence-electron chi connectivity index (χ4n) is 2.72. The van der Waals surface area contributed by atoms with Crippen LogP contribution >= 0.6 is 11.8 Å². The Labute approximate surface area is 167 Å². The number of hydrogen-bond donors (Lipinski definition) is 1. The van der Waals surface area contributed by atoms with Crippen LogP contribution in [0, 0.1) is 0 Å². The summed E-state index contributed by atoms with van der Waals surface area (Å²) in [6, 6.07) is 28.6. The number of hydrogen-bond acceptors (Lipinski definition) is 5. The van der Waals surface area contributed by atoms with Crippen molar-refractivity contribution in [2.75, 3.05) is 5.43 Å². The normalized spacial score (nSPS) is 11.4. The Bertz CT molecular complexity index is 1120. The van der Waals surface area contributed by atoms with Crippen molar-refractivity contribution in [2.45, 2.75) is 4.90 Å². The molecule has 0 saturated carbocycles. The first-order valence-electron chi connectivity index (χ1n) is 8.81. The molecule has 0 radical (unpaired) electrons. The number of thioether (sulfide) groups is 1. The van der Waals surface area contributed by atoms with Crippen LogP contribution in [0.2, 0.25) is 0 Å². The van der Waals surface area contributed by atoms with Crippen LogP contribution in [0.1, 0.15) is 10.4 Å². The van der Waals surface area contributed by atoms with Gasteiger partial charge in [-0.1, -0.05) is 78.5 Å². The van der Waals surface area contributed by atoms with Gasteiger partial charge >= 0.3 is 0 Å². The summed E-state index contributed by atoms with van der Waals surface area (Å²) in [5, 5.41) is 5.80. The quantitative estimate of drug-likeness (QED) is 0.159. The molecule has 0 aliphatic carbocycles. The SMILES string of the molecule is O=C(/C(=N/Nc1ccccc1)Sc1cccc2cccnc12)c1ccccc1. The Kier molecular flexibility index (Phi) is 5.45. The van der Waals surface area contributed by atoms with Crippen LogP contribution in [0.15, 0.2) is 107 Å². The van der Waals surface area contributed by atoms with Gasteiger partial charge in [0.25, 0.3) is 0 Å². The molecular formula is C23H17N3OS. The summed E-state index contributed by atoms with van der Waals surface area (Å²) in [7, 11) is 0. The van der Waals surface area contributed by atoms with Gasteiger partial charge in [0.15, 0.2) is 5.04 Å². The van der Waals surface area contributed by atoms with Gasteiger partial charge in [0.2, 0.25) is 5.78 Å². The maximum absolute atomic E-state index is 13.1. The molecule has 0 aliphatic rings. The van der Waals surface area contributed by atoms with Crippen LogP contribution in [-0.4, -0.2) is 15.8 Å². The number of rotatable bonds is 5. The second-order valence-corrected chi connectivity index (χ2v) is 7.05. The zero-order chi connectivity index (χ0) is 19.2. The average molecular weight is 383 g/mol. The summed E-state index contributed by atoms with van der Waals surface area (Å²) >= 11 is 1.32. The number of ketones is 1. The molecule has 4 rings (SSSR count). The molecule has 0 aliphatic heterocycles. The topological polar surface area (TPSA) is 54.4 Å². The number of nitrogens with one attached hydrogen (secondary N) is 1. The highest BCUT2D eigenvalue weighted by Crippen LogP contribution is 2.28. The minimum Gasteiger partial charge on any atom is -0.286 e. The Morgan fingerprint density at radius 1 is 0.821 bits per heavy atom. The second kappa shape index (κ2) is 8.50. The molecule has 0 bridgehead atoms. The van der Waals surface area contributed by atoms with Crippen LogP contribution < -0.4 is 5.43 Å². The van der Waals surface area contributed by atoms with Gasteiger partial charge in [-0.2, -0.15) is 5.10 Å². The fourth-order valence-corrected chi connectivity index (χ4v) is 3.65. The molecule has 1 N–H and O–H groups in total. The van der Waals surface area contributed by atoms with E-state index in [1.807, 2.05) is 78.9 Å². The van der Waals surface area contributed by atoms with Crippen molar-refractivity contribution < 1.29 is 4.79 Å². The number of benzene rings is 3. The van der Waals surface area contributed by atoms with Crippen molar-refractivity contribution in [2.24, 2.45) is 5.10 Å². The van der Waals surface area contributed by atoms with E-state index >= 15 is 0 Å². The summed E-state index contributed by atoms with van der Waals surface area (Å²) in [4.78, 5) is 18.5. The second-order valence-electron chi connectivity index (χ2n) is 6.02. The van der Waals surface area contributed by atoms with E-state index in [1.54, 1.807) is 18.3 Å². The van der Waals surface area contributed by atoms with E-state index in [2.05, 4.69) is 15.5 Å². The number of fused-ring (bicyclic) bond motifs is 1. The predicted molar refractivity (Wildman–Crippen MR) is 116 cm³/mol. The lowest BCUT2D eigenvalue weighted by molar-refractivity contribution is 0.106. The molecule has 1 aromatic heterocycles. The standard InChI is InChI=1S/C23H17N3OS/c27-22(18-9-3-1-4-10-18)23(26-25-19-13-5-2-6-14-19)28-20-15-7-11-17-12-8-16-24-21(17)20/h1-16,25H/b26-23-. The van der Waals surface area contributed by atoms with Gasteiger partial charge in [-0.25, -0.2) is 0 Å². The molecule has 4 aromatic rings. The Balaban J connectivity index is 1.71. The molecule has 4 nitrogen and oxygen atoms in total. The first-order valence-corrected chi connectivity index (χ1v) is 9.63.